The Balaban J connectivity index is 3.34. The average molecular weight is 625 g/mol. The van der Waals surface area contributed by atoms with Crippen LogP contribution in [0.25, 0.3) is 0 Å². The number of esters is 2. The molecule has 0 aromatic rings. The first-order valence-corrected chi connectivity index (χ1v) is 19.4. The van der Waals surface area contributed by atoms with Crippen LogP contribution < -0.4 is 0 Å². The van der Waals surface area contributed by atoms with Crippen molar-refractivity contribution >= 4 is 11.9 Å². The summed E-state index contributed by atoms with van der Waals surface area (Å²) in [6, 6.07) is 0. The summed E-state index contributed by atoms with van der Waals surface area (Å²) in [5.41, 5.74) is 0. The van der Waals surface area contributed by atoms with Crippen molar-refractivity contribution < 1.29 is 24.2 Å². The summed E-state index contributed by atoms with van der Waals surface area (Å²) in [6.45, 7) is 6.67. The lowest BCUT2D eigenvalue weighted by Gasteiger charge is -2.12. The maximum atomic E-state index is 11.9. The standard InChI is InChI=1S/C39H76O5/c1-4-5-6-7-8-19-23-26-29-32-38(41)43-34-37(40)35-44-39(42)33-30-27-24-21-18-16-14-12-10-9-11-13-15-17-20-22-25-28-31-36(2)3/h36-37,40H,4-35H2,1-3H3/t37-/m0/s1. The van der Waals surface area contributed by atoms with Gasteiger partial charge in [-0.25, -0.2) is 0 Å². The third-order valence-corrected chi connectivity index (χ3v) is 8.77. The van der Waals surface area contributed by atoms with Gasteiger partial charge in [-0.05, 0) is 18.8 Å². The Morgan fingerprint density at radius 2 is 0.727 bits per heavy atom. The summed E-state index contributed by atoms with van der Waals surface area (Å²) in [7, 11) is 0. The topological polar surface area (TPSA) is 72.8 Å². The van der Waals surface area contributed by atoms with E-state index in [0.29, 0.717) is 12.8 Å². The second kappa shape index (κ2) is 34.8. The molecule has 0 aliphatic rings. The zero-order valence-electron chi connectivity index (χ0n) is 29.9. The lowest BCUT2D eigenvalue weighted by Crippen LogP contribution is -2.25. The van der Waals surface area contributed by atoms with Gasteiger partial charge in [-0.1, -0.05) is 188 Å². The van der Waals surface area contributed by atoms with Crippen molar-refractivity contribution in [3.05, 3.63) is 0 Å². The number of carbonyl (C=O) groups is 2. The van der Waals surface area contributed by atoms with Gasteiger partial charge in [-0.15, -0.1) is 0 Å². The van der Waals surface area contributed by atoms with Crippen LogP contribution in [0.1, 0.15) is 213 Å². The van der Waals surface area contributed by atoms with Crippen LogP contribution in [0.3, 0.4) is 0 Å². The Labute approximate surface area is 274 Å². The van der Waals surface area contributed by atoms with E-state index in [2.05, 4.69) is 20.8 Å². The molecule has 262 valence electrons. The highest BCUT2D eigenvalue weighted by atomic mass is 16.6. The predicted molar refractivity (Wildman–Crippen MR) is 187 cm³/mol. The van der Waals surface area contributed by atoms with Crippen LogP contribution in [0.5, 0.6) is 0 Å². The molecule has 5 heteroatoms. The van der Waals surface area contributed by atoms with Crippen LogP contribution in [0, 0.1) is 5.92 Å². The van der Waals surface area contributed by atoms with Crippen molar-refractivity contribution in [1.82, 2.24) is 0 Å². The summed E-state index contributed by atoms with van der Waals surface area (Å²) in [6.07, 6.45) is 36.0. The van der Waals surface area contributed by atoms with Crippen LogP contribution in [0.2, 0.25) is 0 Å². The van der Waals surface area contributed by atoms with E-state index in [-0.39, 0.29) is 25.2 Å². The summed E-state index contributed by atoms with van der Waals surface area (Å²) < 4.78 is 10.3. The molecule has 0 amide bonds. The van der Waals surface area contributed by atoms with Crippen molar-refractivity contribution in [2.75, 3.05) is 13.2 Å². The maximum Gasteiger partial charge on any atom is 0.305 e. The van der Waals surface area contributed by atoms with Gasteiger partial charge in [0.1, 0.15) is 19.3 Å². The third kappa shape index (κ3) is 35.4. The van der Waals surface area contributed by atoms with Gasteiger partial charge in [0.15, 0.2) is 0 Å². The lowest BCUT2D eigenvalue weighted by molar-refractivity contribution is -0.152. The molecule has 0 saturated carbocycles. The highest BCUT2D eigenvalue weighted by molar-refractivity contribution is 5.69. The van der Waals surface area contributed by atoms with Crippen LogP contribution in [-0.2, 0) is 19.1 Å². The molecule has 0 fully saturated rings. The van der Waals surface area contributed by atoms with Crippen molar-refractivity contribution in [1.29, 1.82) is 0 Å². The van der Waals surface area contributed by atoms with Crippen molar-refractivity contribution in [3.63, 3.8) is 0 Å². The molecular weight excluding hydrogens is 548 g/mol. The minimum Gasteiger partial charge on any atom is -0.463 e. The molecule has 0 bridgehead atoms. The summed E-state index contributed by atoms with van der Waals surface area (Å²) in [4.78, 5) is 23.8. The van der Waals surface area contributed by atoms with Gasteiger partial charge >= 0.3 is 11.9 Å². The fraction of sp³-hybridized carbons (Fsp3) is 0.949. The van der Waals surface area contributed by atoms with E-state index >= 15 is 0 Å². The highest BCUT2D eigenvalue weighted by Gasteiger charge is 2.12. The Morgan fingerprint density at radius 3 is 1.02 bits per heavy atom. The van der Waals surface area contributed by atoms with Crippen molar-refractivity contribution in [3.8, 4) is 0 Å². The second-order valence-corrected chi connectivity index (χ2v) is 13.9. The molecule has 0 rings (SSSR count). The number of aliphatic hydroxyl groups excluding tert-OH is 1. The molecule has 0 radical (unpaired) electrons. The Bertz CT molecular complexity index is 605. The smallest absolute Gasteiger partial charge is 0.305 e. The zero-order chi connectivity index (χ0) is 32.4. The molecule has 44 heavy (non-hydrogen) atoms. The summed E-state index contributed by atoms with van der Waals surface area (Å²) in [5.74, 6) is 0.309. The van der Waals surface area contributed by atoms with E-state index in [0.717, 1.165) is 38.0 Å². The van der Waals surface area contributed by atoms with Gasteiger partial charge in [0.05, 0.1) is 0 Å². The molecule has 0 heterocycles. The molecule has 0 aliphatic carbocycles. The molecule has 1 atom stereocenters. The molecule has 0 aromatic carbocycles. The Morgan fingerprint density at radius 1 is 0.455 bits per heavy atom. The number of unbranched alkanes of at least 4 members (excludes halogenated alkanes) is 25. The molecule has 0 aliphatic heterocycles. The Kier molecular flexibility index (Phi) is 33.9. The fourth-order valence-corrected chi connectivity index (χ4v) is 5.80. The first-order chi connectivity index (χ1) is 21.5. The average Bonchev–Trinajstić information content (AvgIpc) is 3.00. The number of ether oxygens (including phenoxy) is 2. The van der Waals surface area contributed by atoms with E-state index in [1.165, 1.54) is 148 Å². The van der Waals surface area contributed by atoms with E-state index in [1.54, 1.807) is 0 Å². The fourth-order valence-electron chi connectivity index (χ4n) is 5.80. The van der Waals surface area contributed by atoms with E-state index < -0.39 is 6.10 Å². The molecule has 0 aromatic heterocycles. The molecule has 1 N–H and O–H groups in total. The molecule has 0 saturated heterocycles. The van der Waals surface area contributed by atoms with Gasteiger partial charge in [-0.3, -0.25) is 9.59 Å². The summed E-state index contributed by atoms with van der Waals surface area (Å²) in [5, 5.41) is 9.97. The van der Waals surface area contributed by atoms with Gasteiger partial charge in [0, 0.05) is 12.8 Å². The lowest BCUT2D eigenvalue weighted by atomic mass is 10.0. The number of rotatable bonds is 35. The number of carbonyl (C=O) groups excluding carboxylic acids is 2. The van der Waals surface area contributed by atoms with Crippen molar-refractivity contribution in [2.45, 2.75) is 219 Å². The number of hydrogen-bond acceptors (Lipinski definition) is 5. The van der Waals surface area contributed by atoms with Crippen molar-refractivity contribution in [2.24, 2.45) is 5.92 Å². The van der Waals surface area contributed by atoms with Crippen LogP contribution >= 0.6 is 0 Å². The highest BCUT2D eigenvalue weighted by Crippen LogP contribution is 2.16. The van der Waals surface area contributed by atoms with Gasteiger partial charge in [-0.2, -0.15) is 0 Å². The van der Waals surface area contributed by atoms with Gasteiger partial charge < -0.3 is 14.6 Å². The van der Waals surface area contributed by atoms with Crippen LogP contribution in [-0.4, -0.2) is 36.4 Å². The SMILES string of the molecule is CCCCCCCCCCCC(=O)OC[C@H](O)COC(=O)CCCCCCCCCCCCCCCCCCCCC(C)C. The monoisotopic (exact) mass is 625 g/mol. The third-order valence-electron chi connectivity index (χ3n) is 8.77. The minimum absolute atomic E-state index is 0.108. The molecule has 5 nitrogen and oxygen atoms in total. The zero-order valence-corrected chi connectivity index (χ0v) is 29.9. The largest absolute Gasteiger partial charge is 0.463 e. The second-order valence-electron chi connectivity index (χ2n) is 13.9. The molecule has 0 unspecified atom stereocenters. The first kappa shape index (κ1) is 42.9. The van der Waals surface area contributed by atoms with Crippen LogP contribution in [0.15, 0.2) is 0 Å². The first-order valence-electron chi connectivity index (χ1n) is 19.4. The van der Waals surface area contributed by atoms with E-state index in [1.807, 2.05) is 0 Å². The molecular formula is C39H76O5. The van der Waals surface area contributed by atoms with Gasteiger partial charge in [0.2, 0.25) is 0 Å². The minimum atomic E-state index is -0.954. The molecule has 0 spiro atoms. The number of hydrogen-bond donors (Lipinski definition) is 1. The maximum absolute atomic E-state index is 11.9. The summed E-state index contributed by atoms with van der Waals surface area (Å²) >= 11 is 0. The quantitative estimate of drug-likeness (QED) is 0.0561. The number of aliphatic hydroxyl groups is 1. The Hall–Kier alpha value is -1.10. The van der Waals surface area contributed by atoms with Crippen LogP contribution in [0.4, 0.5) is 0 Å². The van der Waals surface area contributed by atoms with Gasteiger partial charge in [0.25, 0.3) is 0 Å². The van der Waals surface area contributed by atoms with E-state index in [4.69, 9.17) is 9.47 Å². The van der Waals surface area contributed by atoms with E-state index in [9.17, 15) is 14.7 Å². The normalized spacial score (nSPS) is 12.1. The predicted octanol–water partition coefficient (Wildman–Crippen LogP) is 11.8.